The van der Waals surface area contributed by atoms with Crippen LogP contribution in [0.15, 0.2) is 29.5 Å². The normalized spacial score (nSPS) is 26.3. The second-order valence-electron chi connectivity index (χ2n) is 6.08. The van der Waals surface area contributed by atoms with Crippen LogP contribution < -0.4 is 9.47 Å². The molecule has 0 saturated heterocycles. The lowest BCUT2D eigenvalue weighted by Crippen LogP contribution is -2.37. The Balaban J connectivity index is 1.84. The van der Waals surface area contributed by atoms with Crippen molar-refractivity contribution < 1.29 is 19.0 Å². The van der Waals surface area contributed by atoms with Gasteiger partial charge < -0.3 is 14.2 Å². The molecule has 4 heteroatoms. The van der Waals surface area contributed by atoms with Gasteiger partial charge in [0.05, 0.1) is 19.8 Å². The number of carbonyl (C=O) groups excluding carboxylic acids is 1. The van der Waals surface area contributed by atoms with Gasteiger partial charge >= 0.3 is 0 Å². The fourth-order valence-corrected chi connectivity index (χ4v) is 3.82. The average molecular weight is 300 g/mol. The predicted octanol–water partition coefficient (Wildman–Crippen LogP) is 3.21. The summed E-state index contributed by atoms with van der Waals surface area (Å²) >= 11 is 0. The second kappa shape index (κ2) is 5.34. The standard InChI is InChI=1S/C18H20O4/c1-2-20-15-8-3-5-12-16-11(10-22-18(12)15)9-21-14-7-4-6-13(19)17(14)16/h3,5,8,11,16H,2,4,6-7,9-10H2,1H3/t11-,16-/m1/s1. The molecule has 2 aliphatic heterocycles. The van der Waals surface area contributed by atoms with E-state index in [2.05, 4.69) is 6.07 Å². The van der Waals surface area contributed by atoms with Crippen LogP contribution >= 0.6 is 0 Å². The molecule has 0 bridgehead atoms. The fraction of sp³-hybridized carbons (Fsp3) is 0.500. The Morgan fingerprint density at radius 2 is 2.09 bits per heavy atom. The second-order valence-corrected chi connectivity index (χ2v) is 6.08. The molecular weight excluding hydrogens is 280 g/mol. The highest BCUT2D eigenvalue weighted by Gasteiger charge is 2.43. The van der Waals surface area contributed by atoms with Gasteiger partial charge in [-0.25, -0.2) is 0 Å². The molecule has 0 saturated carbocycles. The average Bonchev–Trinajstić information content (AvgIpc) is 2.55. The van der Waals surface area contributed by atoms with Gasteiger partial charge in [0.25, 0.3) is 0 Å². The Kier molecular flexibility index (Phi) is 3.32. The fourth-order valence-electron chi connectivity index (χ4n) is 3.82. The summed E-state index contributed by atoms with van der Waals surface area (Å²) in [6.07, 6.45) is 2.41. The summed E-state index contributed by atoms with van der Waals surface area (Å²) in [4.78, 5) is 12.5. The molecule has 1 aromatic carbocycles. The topological polar surface area (TPSA) is 44.8 Å². The van der Waals surface area contributed by atoms with Gasteiger partial charge in [-0.05, 0) is 19.4 Å². The molecule has 0 unspecified atom stereocenters. The Morgan fingerprint density at radius 3 is 2.95 bits per heavy atom. The molecule has 0 aromatic heterocycles. The van der Waals surface area contributed by atoms with E-state index in [4.69, 9.17) is 14.2 Å². The van der Waals surface area contributed by atoms with E-state index in [-0.39, 0.29) is 17.6 Å². The zero-order valence-electron chi connectivity index (χ0n) is 12.8. The monoisotopic (exact) mass is 300 g/mol. The quantitative estimate of drug-likeness (QED) is 0.841. The van der Waals surface area contributed by atoms with Crippen molar-refractivity contribution in [1.29, 1.82) is 0 Å². The van der Waals surface area contributed by atoms with Crippen LogP contribution in [0.5, 0.6) is 11.5 Å². The number of hydrogen-bond donors (Lipinski definition) is 0. The van der Waals surface area contributed by atoms with Crippen molar-refractivity contribution in [2.75, 3.05) is 19.8 Å². The molecule has 3 aliphatic rings. The summed E-state index contributed by atoms with van der Waals surface area (Å²) in [7, 11) is 0. The molecule has 2 atom stereocenters. The molecule has 2 heterocycles. The first-order chi connectivity index (χ1) is 10.8. The summed E-state index contributed by atoms with van der Waals surface area (Å²) < 4.78 is 17.5. The number of rotatable bonds is 2. The van der Waals surface area contributed by atoms with E-state index < -0.39 is 0 Å². The molecule has 4 nitrogen and oxygen atoms in total. The highest BCUT2D eigenvalue weighted by atomic mass is 16.5. The molecule has 1 aromatic rings. The zero-order chi connectivity index (χ0) is 15.1. The van der Waals surface area contributed by atoms with Gasteiger partial charge in [-0.1, -0.05) is 12.1 Å². The van der Waals surface area contributed by atoms with E-state index in [0.29, 0.717) is 26.2 Å². The van der Waals surface area contributed by atoms with Crippen LogP contribution in [0.25, 0.3) is 0 Å². The number of hydrogen-bond acceptors (Lipinski definition) is 4. The molecule has 116 valence electrons. The van der Waals surface area contributed by atoms with Crippen molar-refractivity contribution in [2.24, 2.45) is 5.92 Å². The van der Waals surface area contributed by atoms with E-state index in [9.17, 15) is 4.79 Å². The summed E-state index contributed by atoms with van der Waals surface area (Å²) in [6.45, 7) is 3.77. The Hall–Kier alpha value is -1.97. The summed E-state index contributed by atoms with van der Waals surface area (Å²) in [5, 5.41) is 0. The Bertz CT molecular complexity index is 646. The van der Waals surface area contributed by atoms with Crippen molar-refractivity contribution >= 4 is 5.78 Å². The van der Waals surface area contributed by atoms with Crippen LogP contribution in [0, 0.1) is 5.92 Å². The molecule has 4 rings (SSSR count). The molecule has 0 fully saturated rings. The van der Waals surface area contributed by atoms with Crippen LogP contribution in [0.4, 0.5) is 0 Å². The summed E-state index contributed by atoms with van der Waals surface area (Å²) in [5.41, 5.74) is 1.97. The highest BCUT2D eigenvalue weighted by Crippen LogP contribution is 2.50. The summed E-state index contributed by atoms with van der Waals surface area (Å²) in [6, 6.07) is 5.98. The maximum absolute atomic E-state index is 12.5. The third kappa shape index (κ3) is 2.01. The minimum absolute atomic E-state index is 0.0979. The minimum Gasteiger partial charge on any atom is -0.497 e. The van der Waals surface area contributed by atoms with E-state index in [1.807, 2.05) is 19.1 Å². The van der Waals surface area contributed by atoms with Crippen molar-refractivity contribution in [2.45, 2.75) is 32.1 Å². The number of benzene rings is 1. The first-order valence-electron chi connectivity index (χ1n) is 8.07. The predicted molar refractivity (Wildman–Crippen MR) is 81.2 cm³/mol. The Labute approximate surface area is 130 Å². The maximum atomic E-state index is 12.5. The smallest absolute Gasteiger partial charge is 0.164 e. The van der Waals surface area contributed by atoms with Crippen LogP contribution in [0.2, 0.25) is 0 Å². The van der Waals surface area contributed by atoms with Gasteiger partial charge in [0.1, 0.15) is 5.76 Å². The maximum Gasteiger partial charge on any atom is 0.164 e. The number of allylic oxidation sites excluding steroid dienone is 2. The van der Waals surface area contributed by atoms with Crippen LogP contribution in [-0.2, 0) is 9.53 Å². The number of fused-ring (bicyclic) bond motifs is 4. The van der Waals surface area contributed by atoms with Gasteiger partial charge in [0.15, 0.2) is 17.3 Å². The lowest BCUT2D eigenvalue weighted by atomic mass is 9.73. The van der Waals surface area contributed by atoms with Crippen LogP contribution in [0.1, 0.15) is 37.7 Å². The molecule has 0 spiro atoms. The van der Waals surface area contributed by atoms with Gasteiger partial charge in [0, 0.05) is 35.8 Å². The summed E-state index contributed by atoms with van der Waals surface area (Å²) in [5.74, 6) is 3.04. The first-order valence-corrected chi connectivity index (χ1v) is 8.07. The van der Waals surface area contributed by atoms with E-state index >= 15 is 0 Å². The van der Waals surface area contributed by atoms with Gasteiger partial charge in [-0.15, -0.1) is 0 Å². The molecule has 0 N–H and O–H groups in total. The van der Waals surface area contributed by atoms with Gasteiger partial charge in [0.2, 0.25) is 0 Å². The molecule has 1 aliphatic carbocycles. The minimum atomic E-state index is 0.0979. The first kappa shape index (κ1) is 13.7. The highest BCUT2D eigenvalue weighted by molar-refractivity contribution is 5.98. The van der Waals surface area contributed by atoms with Crippen LogP contribution in [0.3, 0.4) is 0 Å². The van der Waals surface area contributed by atoms with E-state index in [0.717, 1.165) is 41.2 Å². The zero-order valence-corrected chi connectivity index (χ0v) is 12.8. The number of carbonyl (C=O) groups is 1. The Morgan fingerprint density at radius 1 is 1.23 bits per heavy atom. The molecule has 0 amide bonds. The largest absolute Gasteiger partial charge is 0.497 e. The third-order valence-corrected chi connectivity index (χ3v) is 4.75. The van der Waals surface area contributed by atoms with E-state index in [1.54, 1.807) is 0 Å². The molecule has 0 radical (unpaired) electrons. The van der Waals surface area contributed by atoms with E-state index in [1.165, 1.54) is 0 Å². The van der Waals surface area contributed by atoms with Crippen molar-refractivity contribution in [3.63, 3.8) is 0 Å². The SMILES string of the molecule is CCOc1cccc2c1OC[C@H]1COC3=C(C(=O)CCC3)[C@@H]21. The lowest BCUT2D eigenvalue weighted by molar-refractivity contribution is -0.117. The van der Waals surface area contributed by atoms with Crippen molar-refractivity contribution in [1.82, 2.24) is 0 Å². The molecular formula is C18H20O4. The number of Topliss-reactive ketones (excluding diaryl/α,β-unsaturated/α-hetero) is 1. The number of ether oxygens (including phenoxy) is 3. The van der Waals surface area contributed by atoms with Gasteiger partial charge in [-0.2, -0.15) is 0 Å². The number of para-hydroxylation sites is 1. The van der Waals surface area contributed by atoms with Crippen molar-refractivity contribution in [3.05, 3.63) is 35.1 Å². The van der Waals surface area contributed by atoms with Crippen molar-refractivity contribution in [3.8, 4) is 11.5 Å². The lowest BCUT2D eigenvalue weighted by Gasteiger charge is -2.40. The third-order valence-electron chi connectivity index (χ3n) is 4.75. The molecule has 22 heavy (non-hydrogen) atoms. The van der Waals surface area contributed by atoms with Gasteiger partial charge in [-0.3, -0.25) is 4.79 Å². The number of ketones is 1. The van der Waals surface area contributed by atoms with Crippen LogP contribution in [-0.4, -0.2) is 25.6 Å².